The van der Waals surface area contributed by atoms with Gasteiger partial charge in [-0.1, -0.05) is 12.1 Å². The summed E-state index contributed by atoms with van der Waals surface area (Å²) in [7, 11) is 1.63. The maximum Gasteiger partial charge on any atom is 0.314 e. The van der Waals surface area contributed by atoms with E-state index in [1.165, 1.54) is 0 Å². The summed E-state index contributed by atoms with van der Waals surface area (Å²) in [6.07, 6.45) is 2.52. The number of likely N-dealkylation sites (tertiary alicyclic amines) is 1. The lowest BCUT2D eigenvalue weighted by atomic mass is 9.75. The molecule has 1 atom stereocenters. The van der Waals surface area contributed by atoms with Gasteiger partial charge in [-0.25, -0.2) is 0 Å². The fourth-order valence-corrected chi connectivity index (χ4v) is 4.42. The van der Waals surface area contributed by atoms with E-state index in [-0.39, 0.29) is 11.9 Å². The number of amides is 1. The molecule has 166 valence electrons. The minimum Gasteiger partial charge on any atom is -0.497 e. The first-order valence-corrected chi connectivity index (χ1v) is 10.9. The molecule has 2 aliphatic rings. The quantitative estimate of drug-likeness (QED) is 0.603. The summed E-state index contributed by atoms with van der Waals surface area (Å²) < 4.78 is 16.2. The van der Waals surface area contributed by atoms with E-state index in [0.29, 0.717) is 32.5 Å². The van der Waals surface area contributed by atoms with E-state index >= 15 is 0 Å². The molecule has 0 N–H and O–H groups in total. The van der Waals surface area contributed by atoms with Crippen molar-refractivity contribution in [1.29, 1.82) is 0 Å². The average Bonchev–Trinajstić information content (AvgIpc) is 2.78. The number of benzene rings is 1. The molecule has 0 saturated carbocycles. The molecule has 3 rings (SSSR count). The fraction of sp³-hybridized carbons (Fsp3) is 0.652. The third kappa shape index (κ3) is 5.73. The smallest absolute Gasteiger partial charge is 0.314 e. The number of methoxy groups -OCH3 is 1. The highest BCUT2D eigenvalue weighted by molar-refractivity contribution is 5.81. The molecular formula is C23H34N2O5. The number of ether oxygens (including phenoxy) is 3. The Morgan fingerprint density at radius 2 is 2.00 bits per heavy atom. The van der Waals surface area contributed by atoms with Gasteiger partial charge in [-0.2, -0.15) is 0 Å². The summed E-state index contributed by atoms with van der Waals surface area (Å²) in [5.41, 5.74) is 0.305. The van der Waals surface area contributed by atoms with E-state index in [0.717, 1.165) is 57.0 Å². The Balaban J connectivity index is 1.70. The Hall–Kier alpha value is -2.12. The second-order valence-corrected chi connectivity index (χ2v) is 8.15. The van der Waals surface area contributed by atoms with E-state index in [4.69, 9.17) is 14.2 Å². The summed E-state index contributed by atoms with van der Waals surface area (Å²) in [6.45, 7) is 7.20. The number of piperidine rings is 1. The molecular weight excluding hydrogens is 384 g/mol. The first kappa shape index (κ1) is 22.6. The molecule has 1 aromatic carbocycles. The Morgan fingerprint density at radius 3 is 2.73 bits per heavy atom. The molecule has 2 saturated heterocycles. The van der Waals surface area contributed by atoms with Crippen molar-refractivity contribution < 1.29 is 23.8 Å². The van der Waals surface area contributed by atoms with E-state index in [1.54, 1.807) is 7.11 Å². The first-order chi connectivity index (χ1) is 14.6. The predicted octanol–water partition coefficient (Wildman–Crippen LogP) is 2.13. The number of hydrogen-bond donors (Lipinski definition) is 0. The Labute approximate surface area is 179 Å². The number of morpholine rings is 1. The summed E-state index contributed by atoms with van der Waals surface area (Å²) in [6, 6.07) is 7.78. The summed E-state index contributed by atoms with van der Waals surface area (Å²) in [5.74, 6) is 0.666. The van der Waals surface area contributed by atoms with Gasteiger partial charge in [-0.3, -0.25) is 14.5 Å². The van der Waals surface area contributed by atoms with Crippen molar-refractivity contribution in [2.45, 2.75) is 32.6 Å². The lowest BCUT2D eigenvalue weighted by Gasteiger charge is -2.41. The number of carbonyl (C=O) groups is 2. The zero-order valence-corrected chi connectivity index (χ0v) is 18.2. The molecule has 30 heavy (non-hydrogen) atoms. The fourth-order valence-electron chi connectivity index (χ4n) is 4.42. The SMILES string of the molecule is CCOC(=O)[C@]1(Cc2cccc(OC)c2)CCCN(C(=O)CCN2CCOCC2)C1. The van der Waals surface area contributed by atoms with Gasteiger partial charge >= 0.3 is 5.97 Å². The Bertz CT molecular complexity index is 719. The number of hydrogen-bond acceptors (Lipinski definition) is 6. The van der Waals surface area contributed by atoms with Crippen molar-refractivity contribution in [3.8, 4) is 5.75 Å². The normalized spacial score (nSPS) is 22.5. The molecule has 0 radical (unpaired) electrons. The zero-order valence-electron chi connectivity index (χ0n) is 18.2. The van der Waals surface area contributed by atoms with E-state index in [2.05, 4.69) is 4.90 Å². The average molecular weight is 419 g/mol. The molecule has 7 nitrogen and oxygen atoms in total. The van der Waals surface area contributed by atoms with Gasteiger partial charge in [0.2, 0.25) is 5.91 Å². The highest BCUT2D eigenvalue weighted by atomic mass is 16.5. The summed E-state index contributed by atoms with van der Waals surface area (Å²) in [4.78, 5) is 30.1. The molecule has 0 aromatic heterocycles. The van der Waals surface area contributed by atoms with Crippen LogP contribution in [0.25, 0.3) is 0 Å². The number of nitrogens with zero attached hydrogens (tertiary/aromatic N) is 2. The third-order valence-electron chi connectivity index (χ3n) is 6.06. The summed E-state index contributed by atoms with van der Waals surface area (Å²) >= 11 is 0. The molecule has 0 aliphatic carbocycles. The van der Waals surface area contributed by atoms with Crippen molar-refractivity contribution in [2.75, 3.05) is 59.7 Å². The monoisotopic (exact) mass is 418 g/mol. The van der Waals surface area contributed by atoms with Crippen LogP contribution in [0.5, 0.6) is 5.75 Å². The van der Waals surface area contributed by atoms with Gasteiger partial charge in [0.15, 0.2) is 0 Å². The van der Waals surface area contributed by atoms with Gasteiger partial charge in [0.1, 0.15) is 5.75 Å². The maximum absolute atomic E-state index is 13.0. The van der Waals surface area contributed by atoms with Crippen molar-refractivity contribution >= 4 is 11.9 Å². The van der Waals surface area contributed by atoms with E-state index < -0.39 is 5.41 Å². The molecule has 1 aromatic rings. The summed E-state index contributed by atoms with van der Waals surface area (Å²) in [5, 5.41) is 0. The standard InChI is InChI=1S/C23H34N2O5/c1-3-30-22(27)23(17-19-6-4-7-20(16-19)28-2)9-5-10-25(18-23)21(26)8-11-24-12-14-29-15-13-24/h4,6-7,16H,3,5,8-15,17-18H2,1-2H3/t23-/m0/s1. The Kier molecular flexibility index (Phi) is 8.10. The van der Waals surface area contributed by atoms with Crippen molar-refractivity contribution in [1.82, 2.24) is 9.80 Å². The van der Waals surface area contributed by atoms with E-state index in [9.17, 15) is 9.59 Å². The molecule has 0 unspecified atom stereocenters. The largest absolute Gasteiger partial charge is 0.497 e. The van der Waals surface area contributed by atoms with Gasteiger partial charge < -0.3 is 19.1 Å². The minimum absolute atomic E-state index is 0.112. The second kappa shape index (κ2) is 10.8. The van der Waals surface area contributed by atoms with Crippen LogP contribution in [0.4, 0.5) is 0 Å². The molecule has 0 spiro atoms. The van der Waals surface area contributed by atoms with Crippen LogP contribution in [0, 0.1) is 5.41 Å². The van der Waals surface area contributed by atoms with Crippen molar-refractivity contribution in [3.63, 3.8) is 0 Å². The molecule has 2 fully saturated rings. The van der Waals surface area contributed by atoms with Gasteiger partial charge in [-0.05, 0) is 43.9 Å². The molecule has 0 bridgehead atoms. The number of rotatable bonds is 8. The van der Waals surface area contributed by atoms with Gasteiger partial charge in [0.25, 0.3) is 0 Å². The minimum atomic E-state index is -0.713. The number of carbonyl (C=O) groups excluding carboxylic acids is 2. The lowest BCUT2D eigenvalue weighted by molar-refractivity contribution is -0.160. The predicted molar refractivity (Wildman–Crippen MR) is 113 cm³/mol. The molecule has 1 amide bonds. The van der Waals surface area contributed by atoms with Crippen LogP contribution in [0.2, 0.25) is 0 Å². The highest BCUT2D eigenvalue weighted by Crippen LogP contribution is 2.36. The highest BCUT2D eigenvalue weighted by Gasteiger charge is 2.44. The van der Waals surface area contributed by atoms with Crippen LogP contribution < -0.4 is 4.74 Å². The van der Waals surface area contributed by atoms with Crippen LogP contribution in [0.1, 0.15) is 31.7 Å². The van der Waals surface area contributed by atoms with Crippen LogP contribution in [-0.2, 0) is 25.5 Å². The number of esters is 1. The second-order valence-electron chi connectivity index (χ2n) is 8.15. The zero-order chi connectivity index (χ0) is 21.4. The van der Waals surface area contributed by atoms with Crippen LogP contribution in [-0.4, -0.2) is 81.3 Å². The molecule has 2 aliphatic heterocycles. The molecule has 2 heterocycles. The van der Waals surface area contributed by atoms with Gasteiger partial charge in [0, 0.05) is 39.1 Å². The van der Waals surface area contributed by atoms with Crippen LogP contribution in [0.15, 0.2) is 24.3 Å². The van der Waals surface area contributed by atoms with Gasteiger partial charge in [0.05, 0.1) is 32.3 Å². The Morgan fingerprint density at radius 1 is 1.20 bits per heavy atom. The first-order valence-electron chi connectivity index (χ1n) is 10.9. The third-order valence-corrected chi connectivity index (χ3v) is 6.06. The topological polar surface area (TPSA) is 68.3 Å². The van der Waals surface area contributed by atoms with Crippen molar-refractivity contribution in [3.05, 3.63) is 29.8 Å². The van der Waals surface area contributed by atoms with Gasteiger partial charge in [-0.15, -0.1) is 0 Å². The lowest BCUT2D eigenvalue weighted by Crippen LogP contribution is -2.52. The van der Waals surface area contributed by atoms with E-state index in [1.807, 2.05) is 36.1 Å². The van der Waals surface area contributed by atoms with Crippen molar-refractivity contribution in [2.24, 2.45) is 5.41 Å². The van der Waals surface area contributed by atoms with Crippen LogP contribution in [0.3, 0.4) is 0 Å². The molecule has 7 heteroatoms. The maximum atomic E-state index is 13.0. The van der Waals surface area contributed by atoms with Crippen LogP contribution >= 0.6 is 0 Å².